The number of tetrazole rings is 1. The maximum absolute atomic E-state index is 13.5. The molecule has 2 atom stereocenters. The zero-order chi connectivity index (χ0) is 24.9. The molecule has 3 aromatic rings. The predicted molar refractivity (Wildman–Crippen MR) is 130 cm³/mol. The van der Waals surface area contributed by atoms with Crippen LogP contribution in [0.4, 0.5) is 5.69 Å². The minimum absolute atomic E-state index is 0.0147. The molecule has 1 fully saturated rings. The zero-order valence-electron chi connectivity index (χ0n) is 20.4. The minimum atomic E-state index is -0.534. The van der Waals surface area contributed by atoms with Crippen LogP contribution in [-0.4, -0.2) is 57.7 Å². The summed E-state index contributed by atoms with van der Waals surface area (Å²) in [5, 5.41) is 14.6. The van der Waals surface area contributed by atoms with Gasteiger partial charge in [-0.15, -0.1) is 5.10 Å². The Balaban J connectivity index is 1.63. The number of hydrogen-bond acceptors (Lipinski definition) is 7. The zero-order valence-corrected chi connectivity index (χ0v) is 20.4. The van der Waals surface area contributed by atoms with Gasteiger partial charge in [-0.05, 0) is 59.7 Å². The molecule has 1 aromatic heterocycles. The third-order valence-electron chi connectivity index (χ3n) is 6.28. The van der Waals surface area contributed by atoms with E-state index in [4.69, 9.17) is 9.47 Å². The second-order valence-corrected chi connectivity index (χ2v) is 8.48. The molecule has 35 heavy (non-hydrogen) atoms. The molecule has 10 heteroatoms. The maximum atomic E-state index is 13.5. The van der Waals surface area contributed by atoms with Crippen molar-refractivity contribution in [2.24, 2.45) is 5.92 Å². The Hall–Kier alpha value is -3.95. The summed E-state index contributed by atoms with van der Waals surface area (Å²) >= 11 is 0. The van der Waals surface area contributed by atoms with E-state index in [1.54, 1.807) is 44.0 Å². The third kappa shape index (κ3) is 4.96. The second-order valence-electron chi connectivity index (χ2n) is 8.48. The molecule has 1 aliphatic heterocycles. The van der Waals surface area contributed by atoms with E-state index in [-0.39, 0.29) is 24.3 Å². The fourth-order valence-electron chi connectivity index (χ4n) is 4.45. The number of likely N-dealkylation sites (tertiary alicyclic amines) is 1. The van der Waals surface area contributed by atoms with Gasteiger partial charge in [0.25, 0.3) is 0 Å². The number of aromatic nitrogens is 4. The molecule has 1 saturated heterocycles. The number of ether oxygens (including phenoxy) is 2. The molecule has 2 amide bonds. The molecule has 0 spiro atoms. The summed E-state index contributed by atoms with van der Waals surface area (Å²) in [4.78, 5) is 28.3. The van der Waals surface area contributed by atoms with Crippen molar-refractivity contribution in [2.75, 3.05) is 26.1 Å². The van der Waals surface area contributed by atoms with Gasteiger partial charge in [-0.3, -0.25) is 9.59 Å². The van der Waals surface area contributed by atoms with Crippen molar-refractivity contribution in [3.05, 3.63) is 53.9 Å². The van der Waals surface area contributed by atoms with Crippen LogP contribution >= 0.6 is 0 Å². The molecule has 10 nitrogen and oxygen atoms in total. The van der Waals surface area contributed by atoms with Crippen molar-refractivity contribution >= 4 is 17.5 Å². The van der Waals surface area contributed by atoms with Crippen LogP contribution in [0.3, 0.4) is 0 Å². The lowest BCUT2D eigenvalue weighted by Crippen LogP contribution is -2.33. The van der Waals surface area contributed by atoms with Crippen LogP contribution in [0.25, 0.3) is 5.69 Å². The number of amides is 2. The van der Waals surface area contributed by atoms with Crippen molar-refractivity contribution in [1.82, 2.24) is 25.1 Å². The Kier molecular flexibility index (Phi) is 7.28. The highest BCUT2D eigenvalue weighted by molar-refractivity contribution is 5.98. The number of carbonyl (C=O) groups is 2. The first-order chi connectivity index (χ1) is 17.0. The molecule has 2 aromatic carbocycles. The molecule has 4 rings (SSSR count). The smallest absolute Gasteiger partial charge is 0.230 e. The summed E-state index contributed by atoms with van der Waals surface area (Å²) in [6.45, 7) is 4.47. The number of nitrogens with zero attached hydrogens (tertiary/aromatic N) is 5. The van der Waals surface area contributed by atoms with Crippen LogP contribution < -0.4 is 14.8 Å². The number of carbonyl (C=O) groups excluding carboxylic acids is 2. The lowest BCUT2D eigenvalue weighted by Gasteiger charge is -2.28. The van der Waals surface area contributed by atoms with E-state index >= 15 is 0 Å². The molecule has 1 aliphatic rings. The third-order valence-corrected chi connectivity index (χ3v) is 6.28. The van der Waals surface area contributed by atoms with E-state index in [1.165, 1.54) is 0 Å². The average Bonchev–Trinajstić information content (AvgIpc) is 3.45. The number of aryl methyl sites for hydroxylation is 1. The molecular formula is C25H30N6O4. The molecule has 0 aliphatic carbocycles. The van der Waals surface area contributed by atoms with Gasteiger partial charge >= 0.3 is 0 Å². The van der Waals surface area contributed by atoms with Crippen molar-refractivity contribution in [2.45, 2.75) is 39.2 Å². The van der Waals surface area contributed by atoms with Gasteiger partial charge in [-0.2, -0.15) is 4.68 Å². The van der Waals surface area contributed by atoms with Gasteiger partial charge in [0.1, 0.15) is 17.2 Å². The molecule has 184 valence electrons. The van der Waals surface area contributed by atoms with Crippen molar-refractivity contribution in [3.63, 3.8) is 0 Å². The van der Waals surface area contributed by atoms with Crippen LogP contribution in [0.1, 0.15) is 43.6 Å². The first-order valence-corrected chi connectivity index (χ1v) is 11.6. The number of anilines is 1. The Morgan fingerprint density at radius 3 is 2.54 bits per heavy atom. The summed E-state index contributed by atoms with van der Waals surface area (Å²) in [6, 6.07) is 12.5. The lowest BCUT2D eigenvalue weighted by atomic mass is 9.92. The first kappa shape index (κ1) is 24.2. The lowest BCUT2D eigenvalue weighted by molar-refractivity contribution is -0.129. The fourth-order valence-corrected chi connectivity index (χ4v) is 4.45. The second kappa shape index (κ2) is 10.5. The van der Waals surface area contributed by atoms with Crippen molar-refractivity contribution < 1.29 is 19.1 Å². The van der Waals surface area contributed by atoms with E-state index in [0.29, 0.717) is 29.5 Å². The Labute approximate surface area is 204 Å². The highest BCUT2D eigenvalue weighted by atomic mass is 16.5. The van der Waals surface area contributed by atoms with E-state index in [0.717, 1.165) is 24.2 Å². The number of nitrogens with one attached hydrogen (secondary N) is 1. The Morgan fingerprint density at radius 2 is 1.91 bits per heavy atom. The quantitative estimate of drug-likeness (QED) is 0.502. The molecule has 0 bridgehead atoms. The molecule has 0 radical (unpaired) electrons. The van der Waals surface area contributed by atoms with Crippen LogP contribution in [0.5, 0.6) is 11.5 Å². The van der Waals surface area contributed by atoms with Crippen LogP contribution in [-0.2, 0) is 9.59 Å². The fraction of sp³-hybridized carbons (Fsp3) is 0.400. The molecule has 2 heterocycles. The molecular weight excluding hydrogens is 448 g/mol. The standard InChI is InChI=1S/C25H30N6O4/c1-5-6-13-30-23(32)15-20(24(30)17-7-10-19(34-3)11-8-17)25(33)26-18-9-12-22(35-4)21(14-18)31-16(2)27-28-29-31/h7-12,14,20,24H,5-6,13,15H2,1-4H3,(H,26,33). The van der Waals surface area contributed by atoms with Crippen LogP contribution in [0, 0.1) is 12.8 Å². The normalized spacial score (nSPS) is 17.5. The number of rotatable bonds is 9. The van der Waals surface area contributed by atoms with E-state index in [9.17, 15) is 9.59 Å². The summed E-state index contributed by atoms with van der Waals surface area (Å²) in [5.74, 6) is 1.10. The first-order valence-electron chi connectivity index (χ1n) is 11.6. The highest BCUT2D eigenvalue weighted by Gasteiger charge is 2.44. The van der Waals surface area contributed by atoms with E-state index in [1.807, 2.05) is 29.2 Å². The summed E-state index contributed by atoms with van der Waals surface area (Å²) < 4.78 is 12.3. The van der Waals surface area contributed by atoms with Gasteiger partial charge < -0.3 is 19.7 Å². The van der Waals surface area contributed by atoms with Crippen molar-refractivity contribution in [3.8, 4) is 17.2 Å². The van der Waals surface area contributed by atoms with Gasteiger partial charge in [0, 0.05) is 18.7 Å². The van der Waals surface area contributed by atoms with Crippen molar-refractivity contribution in [1.29, 1.82) is 0 Å². The molecule has 2 unspecified atom stereocenters. The predicted octanol–water partition coefficient (Wildman–Crippen LogP) is 3.32. The number of unbranched alkanes of at least 4 members (excludes halogenated alkanes) is 1. The van der Waals surface area contributed by atoms with Gasteiger partial charge in [0.05, 0.1) is 26.2 Å². The van der Waals surface area contributed by atoms with Gasteiger partial charge in [0.2, 0.25) is 11.8 Å². The van der Waals surface area contributed by atoms with Gasteiger partial charge in [-0.1, -0.05) is 25.5 Å². The van der Waals surface area contributed by atoms with Gasteiger partial charge in [0.15, 0.2) is 5.82 Å². The average molecular weight is 479 g/mol. The summed E-state index contributed by atoms with van der Waals surface area (Å²) in [5.41, 5.74) is 2.08. The Morgan fingerprint density at radius 1 is 1.14 bits per heavy atom. The molecule has 0 saturated carbocycles. The SMILES string of the molecule is CCCCN1C(=O)CC(C(=O)Nc2ccc(OC)c(-n3nnnc3C)c2)C1c1ccc(OC)cc1. The summed E-state index contributed by atoms with van der Waals surface area (Å²) in [7, 11) is 3.17. The van der Waals surface area contributed by atoms with Crippen LogP contribution in [0.15, 0.2) is 42.5 Å². The number of benzene rings is 2. The highest BCUT2D eigenvalue weighted by Crippen LogP contribution is 2.40. The number of methoxy groups -OCH3 is 2. The maximum Gasteiger partial charge on any atom is 0.230 e. The molecule has 1 N–H and O–H groups in total. The summed E-state index contributed by atoms with van der Waals surface area (Å²) in [6.07, 6.45) is 1.99. The van der Waals surface area contributed by atoms with Gasteiger partial charge in [-0.25, -0.2) is 0 Å². The topological polar surface area (TPSA) is 111 Å². The monoisotopic (exact) mass is 478 g/mol. The number of hydrogen-bond donors (Lipinski definition) is 1. The largest absolute Gasteiger partial charge is 0.497 e. The Bertz CT molecular complexity index is 1190. The van der Waals surface area contributed by atoms with E-state index in [2.05, 4.69) is 27.8 Å². The van der Waals surface area contributed by atoms with Crippen LogP contribution in [0.2, 0.25) is 0 Å². The minimum Gasteiger partial charge on any atom is -0.497 e. The van der Waals surface area contributed by atoms with E-state index < -0.39 is 5.92 Å².